The van der Waals surface area contributed by atoms with E-state index < -0.39 is 5.66 Å². The average molecular weight is 413 g/mol. The molecule has 0 saturated carbocycles. The zero-order chi connectivity index (χ0) is 21.2. The van der Waals surface area contributed by atoms with Gasteiger partial charge in [0.2, 0.25) is 12.5 Å². The smallest absolute Gasteiger partial charge is 0.279 e. The van der Waals surface area contributed by atoms with Crippen LogP contribution in [0.15, 0.2) is 66.7 Å². The molecule has 1 N–H and O–H groups in total. The number of nitrogens with one attached hydrogen (secondary N) is 1. The van der Waals surface area contributed by atoms with Crippen molar-refractivity contribution in [2.45, 2.75) is 12.6 Å². The van der Waals surface area contributed by atoms with E-state index in [1.54, 1.807) is 34.1 Å². The maximum Gasteiger partial charge on any atom is 0.279 e. The Hall–Kier alpha value is -4.00. The number of hydrogen-bond donors (Lipinski definition) is 1. The third kappa shape index (κ3) is 2.23. The monoisotopic (exact) mass is 413 g/mol. The number of carbonyl (C=O) groups is 2. The van der Waals surface area contributed by atoms with E-state index in [4.69, 9.17) is 9.47 Å². The molecule has 0 aliphatic carbocycles. The van der Waals surface area contributed by atoms with Crippen molar-refractivity contribution in [2.24, 2.45) is 0 Å². The van der Waals surface area contributed by atoms with Gasteiger partial charge >= 0.3 is 0 Å². The Morgan fingerprint density at radius 1 is 0.968 bits per heavy atom. The summed E-state index contributed by atoms with van der Waals surface area (Å²) in [5.74, 6) is 0.709. The largest absolute Gasteiger partial charge is 0.454 e. The Labute approximate surface area is 178 Å². The first-order valence-corrected chi connectivity index (χ1v) is 10.2. The molecule has 3 aliphatic rings. The second-order valence-electron chi connectivity index (χ2n) is 7.63. The van der Waals surface area contributed by atoms with Crippen molar-refractivity contribution in [1.29, 1.82) is 0 Å². The molecule has 7 nitrogen and oxygen atoms in total. The van der Waals surface area contributed by atoms with Gasteiger partial charge in [-0.1, -0.05) is 30.3 Å². The summed E-state index contributed by atoms with van der Waals surface area (Å²) in [5.41, 5.74) is 1.82. The molecule has 0 aromatic heterocycles. The minimum atomic E-state index is -1.40. The van der Waals surface area contributed by atoms with E-state index in [1.165, 1.54) is 0 Å². The molecule has 3 aliphatic heterocycles. The molecule has 1 atom stereocenters. The molecule has 6 rings (SSSR count). The summed E-state index contributed by atoms with van der Waals surface area (Å²) >= 11 is 0. The van der Waals surface area contributed by atoms with Gasteiger partial charge in [-0.05, 0) is 37.3 Å². The summed E-state index contributed by atoms with van der Waals surface area (Å²) in [5, 5.41) is 3.43. The molecule has 154 valence electrons. The summed E-state index contributed by atoms with van der Waals surface area (Å²) in [6.45, 7) is 2.55. The number of nitrogens with zero attached hydrogens (tertiary/aromatic N) is 2. The predicted molar refractivity (Wildman–Crippen MR) is 116 cm³/mol. The van der Waals surface area contributed by atoms with Gasteiger partial charge in [-0.2, -0.15) is 0 Å². The van der Waals surface area contributed by atoms with Gasteiger partial charge in [-0.3, -0.25) is 14.5 Å². The van der Waals surface area contributed by atoms with Gasteiger partial charge < -0.3 is 19.7 Å². The second kappa shape index (κ2) is 6.25. The van der Waals surface area contributed by atoms with E-state index >= 15 is 0 Å². The quantitative estimate of drug-likeness (QED) is 0.694. The van der Waals surface area contributed by atoms with Crippen molar-refractivity contribution >= 4 is 28.9 Å². The highest BCUT2D eigenvalue weighted by Gasteiger charge is 2.59. The van der Waals surface area contributed by atoms with Gasteiger partial charge in [0.1, 0.15) is 0 Å². The van der Waals surface area contributed by atoms with Crippen LogP contribution in [0, 0.1) is 0 Å². The predicted octanol–water partition coefficient (Wildman–Crippen LogP) is 3.71. The Morgan fingerprint density at radius 3 is 2.61 bits per heavy atom. The lowest BCUT2D eigenvalue weighted by Gasteiger charge is -2.45. The van der Waals surface area contributed by atoms with Crippen molar-refractivity contribution in [3.63, 3.8) is 0 Å². The Balaban J connectivity index is 1.64. The van der Waals surface area contributed by atoms with Crippen molar-refractivity contribution in [3.8, 4) is 11.5 Å². The van der Waals surface area contributed by atoms with Crippen LogP contribution in [0.4, 0.5) is 17.1 Å². The summed E-state index contributed by atoms with van der Waals surface area (Å²) < 4.78 is 11.0. The second-order valence-corrected chi connectivity index (χ2v) is 7.63. The van der Waals surface area contributed by atoms with E-state index in [1.807, 2.05) is 49.4 Å². The number of ether oxygens (including phenoxy) is 2. The lowest BCUT2D eigenvalue weighted by molar-refractivity contribution is -0.122. The number of carbonyl (C=O) groups excluding carboxylic acids is 2. The maximum atomic E-state index is 14.0. The molecule has 0 radical (unpaired) electrons. The van der Waals surface area contributed by atoms with Crippen LogP contribution < -0.4 is 24.6 Å². The summed E-state index contributed by atoms with van der Waals surface area (Å²) in [6, 6.07) is 20.2. The van der Waals surface area contributed by atoms with Crippen LogP contribution in [0.5, 0.6) is 11.5 Å². The highest BCUT2D eigenvalue weighted by molar-refractivity contribution is 6.22. The van der Waals surface area contributed by atoms with Crippen LogP contribution in [0.3, 0.4) is 0 Å². The Bertz CT molecular complexity index is 1260. The summed E-state index contributed by atoms with van der Waals surface area (Å²) in [6.07, 6.45) is 0. The first kappa shape index (κ1) is 17.8. The van der Waals surface area contributed by atoms with Crippen LogP contribution in [-0.2, 0) is 10.5 Å². The van der Waals surface area contributed by atoms with Gasteiger partial charge in [-0.15, -0.1) is 0 Å². The average Bonchev–Trinajstić information content (AvgIpc) is 3.35. The van der Waals surface area contributed by atoms with E-state index in [0.29, 0.717) is 35.0 Å². The van der Waals surface area contributed by atoms with Crippen molar-refractivity contribution in [3.05, 3.63) is 77.9 Å². The highest BCUT2D eigenvalue weighted by Crippen LogP contribution is 2.50. The van der Waals surface area contributed by atoms with Gasteiger partial charge in [0.05, 0.1) is 16.9 Å². The van der Waals surface area contributed by atoms with Crippen LogP contribution >= 0.6 is 0 Å². The fourth-order valence-corrected chi connectivity index (χ4v) is 4.72. The van der Waals surface area contributed by atoms with Gasteiger partial charge in [-0.25, -0.2) is 0 Å². The van der Waals surface area contributed by atoms with Crippen molar-refractivity contribution in [2.75, 3.05) is 28.5 Å². The number of fused-ring (bicyclic) bond motifs is 4. The zero-order valence-electron chi connectivity index (χ0n) is 16.8. The molecule has 0 bridgehead atoms. The molecular formula is C24H19N3O4. The molecule has 3 aromatic rings. The molecule has 3 aromatic carbocycles. The van der Waals surface area contributed by atoms with Crippen LogP contribution in [-0.4, -0.2) is 25.2 Å². The molecule has 3 heterocycles. The third-order valence-corrected chi connectivity index (χ3v) is 6.08. The maximum absolute atomic E-state index is 14.0. The van der Waals surface area contributed by atoms with Crippen LogP contribution in [0.2, 0.25) is 0 Å². The van der Waals surface area contributed by atoms with Crippen molar-refractivity contribution in [1.82, 2.24) is 0 Å². The van der Waals surface area contributed by atoms with Gasteiger partial charge in [0.25, 0.3) is 11.8 Å². The SMILES string of the molecule is CCN1C(=O)[C@]2(Nc3ccccc3C(=O)N2c2ccc3c(c2)OCO3)c2ccccc21. The standard InChI is InChI=1S/C24H19N3O4/c1-2-26-19-10-6-4-8-17(19)24(23(26)29)25-18-9-5-3-7-16(18)22(28)27(24)15-11-12-20-21(13-15)31-14-30-20/h3-13,25H,2,14H2,1H3/t24-/m0/s1. The molecule has 0 unspecified atom stereocenters. The Kier molecular flexibility index (Phi) is 3.59. The molecule has 7 heteroatoms. The van der Waals surface area contributed by atoms with Gasteiger partial charge in [0.15, 0.2) is 11.5 Å². The van der Waals surface area contributed by atoms with Gasteiger partial charge in [0, 0.05) is 23.9 Å². The number of benzene rings is 3. The fourth-order valence-electron chi connectivity index (χ4n) is 4.72. The highest BCUT2D eigenvalue weighted by atomic mass is 16.7. The van der Waals surface area contributed by atoms with Crippen molar-refractivity contribution < 1.29 is 19.1 Å². The topological polar surface area (TPSA) is 71.1 Å². The number of rotatable bonds is 2. The van der Waals surface area contributed by atoms with E-state index in [0.717, 1.165) is 11.3 Å². The number of anilines is 3. The van der Waals surface area contributed by atoms with Crippen LogP contribution in [0.25, 0.3) is 0 Å². The number of amides is 2. The minimum Gasteiger partial charge on any atom is -0.454 e. The first-order chi connectivity index (χ1) is 15.1. The molecular weight excluding hydrogens is 394 g/mol. The normalized spacial score (nSPS) is 20.7. The lowest BCUT2D eigenvalue weighted by atomic mass is 9.92. The number of para-hydroxylation sites is 2. The van der Waals surface area contributed by atoms with E-state index in [-0.39, 0.29) is 18.6 Å². The minimum absolute atomic E-state index is 0.129. The van der Waals surface area contributed by atoms with E-state index in [9.17, 15) is 9.59 Å². The van der Waals surface area contributed by atoms with Crippen LogP contribution in [0.1, 0.15) is 22.8 Å². The zero-order valence-corrected chi connectivity index (χ0v) is 16.8. The Morgan fingerprint density at radius 2 is 1.74 bits per heavy atom. The fraction of sp³-hybridized carbons (Fsp3) is 0.167. The summed E-state index contributed by atoms with van der Waals surface area (Å²) in [7, 11) is 0. The molecule has 0 fully saturated rings. The number of likely N-dealkylation sites (N-methyl/N-ethyl adjacent to an activating group) is 1. The third-order valence-electron chi connectivity index (χ3n) is 6.08. The van der Waals surface area contributed by atoms with E-state index in [2.05, 4.69) is 5.32 Å². The molecule has 31 heavy (non-hydrogen) atoms. The first-order valence-electron chi connectivity index (χ1n) is 10.2. The molecule has 1 spiro atoms. The molecule has 2 amide bonds. The molecule has 0 saturated heterocycles. The summed E-state index contributed by atoms with van der Waals surface area (Å²) in [4.78, 5) is 31.1. The number of hydrogen-bond acceptors (Lipinski definition) is 5. The lowest BCUT2D eigenvalue weighted by Crippen LogP contribution is -2.63.